The van der Waals surface area contributed by atoms with Crippen LogP contribution in [0.3, 0.4) is 0 Å². The molecule has 50 heavy (non-hydrogen) atoms. The molecule has 0 N–H and O–H groups in total. The smallest absolute Gasteiger partial charge is 0.124 e. The van der Waals surface area contributed by atoms with Crippen molar-refractivity contribution in [2.24, 2.45) is 0 Å². The van der Waals surface area contributed by atoms with E-state index in [0.29, 0.717) is 0 Å². The molecule has 0 unspecified atom stereocenters. The first-order valence-corrected chi connectivity index (χ1v) is 19.5. The second-order valence-electron chi connectivity index (χ2n) is 11.6. The maximum Gasteiger partial charge on any atom is 0.124 e. The molecule has 0 bridgehead atoms. The van der Waals surface area contributed by atoms with Gasteiger partial charge in [0.2, 0.25) is 0 Å². The van der Waals surface area contributed by atoms with Crippen LogP contribution in [-0.4, -0.2) is 19.9 Å². The fourth-order valence-electron chi connectivity index (χ4n) is 5.70. The van der Waals surface area contributed by atoms with Crippen LogP contribution >= 0.6 is 45.3 Å². The van der Waals surface area contributed by atoms with Crippen molar-refractivity contribution in [3.8, 4) is 87.3 Å². The molecular weight excluding hydrogens is 689 g/mol. The van der Waals surface area contributed by atoms with E-state index in [4.69, 9.17) is 19.9 Å². The standard InChI is InChI=1S/C42H26N4S4/c1-3-7-31(8-4-1)39-43-35(23-47-39)27-11-15-29(16-12-27)37-25-49-41(45-37)33-19-21-34(22-20-33)42-46-38(26-50-42)30-17-13-28(14-18-30)36-24-48-40(44-36)32-9-5-2-6-10-32/h1-26H. The lowest BCUT2D eigenvalue weighted by Gasteiger charge is -2.02. The summed E-state index contributed by atoms with van der Waals surface area (Å²) in [5.74, 6) is 0. The van der Waals surface area contributed by atoms with E-state index in [1.807, 2.05) is 36.4 Å². The lowest BCUT2D eigenvalue weighted by Crippen LogP contribution is -1.83. The Kier molecular flexibility index (Phi) is 8.28. The zero-order chi connectivity index (χ0) is 33.3. The summed E-state index contributed by atoms with van der Waals surface area (Å²) in [6, 6.07) is 46.2. The molecule has 0 aliphatic heterocycles. The third-order valence-corrected chi connectivity index (χ3v) is 12.0. The van der Waals surface area contributed by atoms with Crippen molar-refractivity contribution < 1.29 is 0 Å². The van der Waals surface area contributed by atoms with Crippen molar-refractivity contribution in [3.63, 3.8) is 0 Å². The molecule has 0 saturated heterocycles. The summed E-state index contributed by atoms with van der Waals surface area (Å²) in [5.41, 5.74) is 12.8. The third kappa shape index (κ3) is 6.26. The molecule has 4 heterocycles. The Hall–Kier alpha value is -5.38. The van der Waals surface area contributed by atoms with E-state index in [-0.39, 0.29) is 0 Å². The number of hydrogen-bond donors (Lipinski definition) is 0. The Morgan fingerprint density at radius 2 is 0.460 bits per heavy atom. The molecule has 4 aromatic heterocycles. The van der Waals surface area contributed by atoms with E-state index in [9.17, 15) is 0 Å². The van der Waals surface area contributed by atoms with Gasteiger partial charge in [-0.25, -0.2) is 19.9 Å². The van der Waals surface area contributed by atoms with Gasteiger partial charge in [-0.1, -0.05) is 133 Å². The van der Waals surface area contributed by atoms with Gasteiger partial charge in [0.05, 0.1) is 22.8 Å². The molecule has 0 fully saturated rings. The quantitative estimate of drug-likeness (QED) is 0.157. The summed E-state index contributed by atoms with van der Waals surface area (Å²) in [6.45, 7) is 0. The molecule has 0 spiro atoms. The zero-order valence-electron chi connectivity index (χ0n) is 26.4. The van der Waals surface area contributed by atoms with E-state index >= 15 is 0 Å². The van der Waals surface area contributed by atoms with Crippen molar-refractivity contribution in [1.82, 2.24) is 19.9 Å². The summed E-state index contributed by atoms with van der Waals surface area (Å²) in [7, 11) is 0. The zero-order valence-corrected chi connectivity index (χ0v) is 29.7. The van der Waals surface area contributed by atoms with Gasteiger partial charge in [-0.15, -0.1) is 45.3 Å². The minimum absolute atomic E-state index is 0.978. The minimum atomic E-state index is 0.978. The highest BCUT2D eigenvalue weighted by atomic mass is 32.1. The molecule has 0 saturated carbocycles. The van der Waals surface area contributed by atoms with Crippen LogP contribution in [0, 0.1) is 0 Å². The molecule has 0 radical (unpaired) electrons. The van der Waals surface area contributed by atoms with Crippen LogP contribution in [0.1, 0.15) is 0 Å². The van der Waals surface area contributed by atoms with Gasteiger partial charge >= 0.3 is 0 Å². The van der Waals surface area contributed by atoms with E-state index in [2.05, 4.69) is 119 Å². The van der Waals surface area contributed by atoms with Crippen LogP contribution < -0.4 is 0 Å². The third-order valence-electron chi connectivity index (χ3n) is 8.39. The van der Waals surface area contributed by atoms with Gasteiger partial charge in [-0.2, -0.15) is 0 Å². The molecule has 8 heteroatoms. The molecule has 9 aromatic rings. The number of benzene rings is 5. The first-order chi connectivity index (χ1) is 24.7. The van der Waals surface area contributed by atoms with Crippen LogP contribution in [0.25, 0.3) is 87.3 Å². The van der Waals surface area contributed by atoms with E-state index < -0.39 is 0 Å². The lowest BCUT2D eigenvalue weighted by atomic mass is 10.1. The number of nitrogens with zero attached hydrogens (tertiary/aromatic N) is 4. The summed E-state index contributed by atoms with van der Waals surface area (Å²) in [5, 5.41) is 12.6. The Bertz CT molecular complexity index is 2330. The number of thiazole rings is 4. The molecule has 9 rings (SSSR count). The predicted molar refractivity (Wildman–Crippen MR) is 213 cm³/mol. The molecule has 238 valence electrons. The van der Waals surface area contributed by atoms with Crippen molar-refractivity contribution in [3.05, 3.63) is 155 Å². The average Bonchev–Trinajstić information content (AvgIpc) is 4.03. The highest BCUT2D eigenvalue weighted by molar-refractivity contribution is 7.14. The van der Waals surface area contributed by atoms with Crippen LogP contribution in [0.15, 0.2) is 155 Å². The van der Waals surface area contributed by atoms with Crippen molar-refractivity contribution >= 4 is 45.3 Å². The van der Waals surface area contributed by atoms with Gasteiger partial charge in [0.25, 0.3) is 0 Å². The van der Waals surface area contributed by atoms with Gasteiger partial charge in [0.1, 0.15) is 20.0 Å². The van der Waals surface area contributed by atoms with Crippen LogP contribution in [-0.2, 0) is 0 Å². The van der Waals surface area contributed by atoms with Crippen LogP contribution in [0.2, 0.25) is 0 Å². The van der Waals surface area contributed by atoms with Crippen molar-refractivity contribution in [1.29, 1.82) is 0 Å². The molecule has 5 aromatic carbocycles. The number of aromatic nitrogens is 4. The first-order valence-electron chi connectivity index (χ1n) is 16.0. The lowest BCUT2D eigenvalue weighted by molar-refractivity contribution is 1.38. The summed E-state index contributed by atoms with van der Waals surface area (Å²) >= 11 is 6.67. The minimum Gasteiger partial charge on any atom is -0.236 e. The molecule has 0 aliphatic rings. The Morgan fingerprint density at radius 1 is 0.240 bits per heavy atom. The van der Waals surface area contributed by atoms with Gasteiger partial charge in [0.15, 0.2) is 0 Å². The Morgan fingerprint density at radius 3 is 0.720 bits per heavy atom. The average molecular weight is 715 g/mol. The molecule has 0 atom stereocenters. The monoisotopic (exact) mass is 714 g/mol. The van der Waals surface area contributed by atoms with Crippen LogP contribution in [0.5, 0.6) is 0 Å². The Balaban J connectivity index is 0.866. The largest absolute Gasteiger partial charge is 0.236 e. The second-order valence-corrected chi connectivity index (χ2v) is 15.0. The highest BCUT2D eigenvalue weighted by Gasteiger charge is 2.13. The topological polar surface area (TPSA) is 51.6 Å². The first kappa shape index (κ1) is 30.7. The number of rotatable bonds is 8. The van der Waals surface area contributed by atoms with E-state index in [1.54, 1.807) is 45.3 Å². The second kappa shape index (κ2) is 13.5. The number of hydrogen-bond acceptors (Lipinski definition) is 8. The van der Waals surface area contributed by atoms with Crippen LogP contribution in [0.4, 0.5) is 0 Å². The van der Waals surface area contributed by atoms with Gasteiger partial charge < -0.3 is 0 Å². The van der Waals surface area contributed by atoms with Gasteiger partial charge in [-0.3, -0.25) is 0 Å². The maximum absolute atomic E-state index is 4.98. The molecule has 0 aliphatic carbocycles. The SMILES string of the molecule is c1ccc(-c2nc(-c3ccc(-c4csc(-c5ccc(-c6nc(-c7ccc(-c8csc(-c9ccccc9)n8)cc7)cs6)cc5)n4)cc3)cs2)cc1. The summed E-state index contributed by atoms with van der Waals surface area (Å²) < 4.78 is 0. The highest BCUT2D eigenvalue weighted by Crippen LogP contribution is 2.35. The van der Waals surface area contributed by atoms with Crippen molar-refractivity contribution in [2.45, 2.75) is 0 Å². The summed E-state index contributed by atoms with van der Waals surface area (Å²) in [6.07, 6.45) is 0. The Labute approximate surface area is 305 Å². The fraction of sp³-hybridized carbons (Fsp3) is 0. The molecule has 4 nitrogen and oxygen atoms in total. The van der Waals surface area contributed by atoms with Gasteiger partial charge in [-0.05, 0) is 0 Å². The molecule has 0 amide bonds. The molecular formula is C42H26N4S4. The normalized spacial score (nSPS) is 11.2. The van der Waals surface area contributed by atoms with E-state index in [1.165, 1.54) is 0 Å². The van der Waals surface area contributed by atoms with E-state index in [0.717, 1.165) is 87.3 Å². The maximum atomic E-state index is 4.98. The van der Waals surface area contributed by atoms with Crippen molar-refractivity contribution in [2.75, 3.05) is 0 Å². The fourth-order valence-corrected chi connectivity index (χ4v) is 9.04. The summed E-state index contributed by atoms with van der Waals surface area (Å²) in [4.78, 5) is 19.7. The predicted octanol–water partition coefficient (Wildman–Crippen LogP) is 12.8. The van der Waals surface area contributed by atoms with Gasteiger partial charge in [0, 0.05) is 66.0 Å².